The van der Waals surface area contributed by atoms with Gasteiger partial charge >= 0.3 is 0 Å². The maximum Gasteiger partial charge on any atom is 0.185 e. The molecule has 0 saturated carbocycles. The second-order valence-electron chi connectivity index (χ2n) is 4.58. The van der Waals surface area contributed by atoms with Crippen LogP contribution in [-0.4, -0.2) is 29.8 Å². The van der Waals surface area contributed by atoms with Crippen molar-refractivity contribution in [1.82, 2.24) is 9.78 Å². The molecule has 1 aromatic heterocycles. The van der Waals surface area contributed by atoms with Crippen LogP contribution in [0.3, 0.4) is 0 Å². The van der Waals surface area contributed by atoms with Crippen LogP contribution in [0.5, 0.6) is 11.5 Å². The van der Waals surface area contributed by atoms with Crippen LogP contribution >= 0.6 is 0 Å². The van der Waals surface area contributed by atoms with Crippen molar-refractivity contribution >= 4 is 11.9 Å². The number of nitrogens with zero attached hydrogens (tertiary/aromatic N) is 2. The fraction of sp³-hybridized carbons (Fsp3) is 0.250. The number of benzene rings is 1. The molecular formula is C16H18N2O3. The van der Waals surface area contributed by atoms with Crippen LogP contribution < -0.4 is 9.47 Å². The Bertz CT molecular complexity index is 687. The Hall–Kier alpha value is -2.56. The van der Waals surface area contributed by atoms with Gasteiger partial charge in [-0.15, -0.1) is 0 Å². The molecule has 0 aliphatic rings. The number of aryl methyl sites for hydroxylation is 1. The minimum Gasteiger partial charge on any atom is -0.493 e. The van der Waals surface area contributed by atoms with Gasteiger partial charge in [-0.1, -0.05) is 0 Å². The number of hydrogen-bond donors (Lipinski definition) is 0. The predicted molar refractivity (Wildman–Crippen MR) is 80.9 cm³/mol. The molecule has 0 unspecified atom stereocenters. The largest absolute Gasteiger partial charge is 0.493 e. The summed E-state index contributed by atoms with van der Waals surface area (Å²) in [5.41, 5.74) is 2.48. The monoisotopic (exact) mass is 286 g/mol. The van der Waals surface area contributed by atoms with Gasteiger partial charge in [0.15, 0.2) is 17.3 Å². The average Bonchev–Trinajstić information content (AvgIpc) is 2.83. The van der Waals surface area contributed by atoms with Crippen LogP contribution in [0.25, 0.3) is 6.08 Å². The summed E-state index contributed by atoms with van der Waals surface area (Å²) in [7, 11) is 4.97. The zero-order chi connectivity index (χ0) is 15.4. The lowest BCUT2D eigenvalue weighted by Crippen LogP contribution is -1.97. The van der Waals surface area contributed by atoms with E-state index in [-0.39, 0.29) is 5.78 Å². The molecule has 0 spiro atoms. The molecule has 0 fully saturated rings. The van der Waals surface area contributed by atoms with Crippen molar-refractivity contribution in [1.29, 1.82) is 0 Å². The Kier molecular flexibility index (Phi) is 4.42. The fourth-order valence-electron chi connectivity index (χ4n) is 1.93. The van der Waals surface area contributed by atoms with Gasteiger partial charge in [-0.3, -0.25) is 9.48 Å². The van der Waals surface area contributed by atoms with E-state index in [1.807, 2.05) is 14.0 Å². The van der Waals surface area contributed by atoms with Gasteiger partial charge in [0.1, 0.15) is 0 Å². The average molecular weight is 286 g/mol. The molecule has 0 N–H and O–H groups in total. The molecule has 0 atom stereocenters. The molecule has 5 nitrogen and oxygen atoms in total. The first-order valence-electron chi connectivity index (χ1n) is 6.50. The topological polar surface area (TPSA) is 53.3 Å². The molecule has 5 heteroatoms. The third-order valence-electron chi connectivity index (χ3n) is 3.36. The summed E-state index contributed by atoms with van der Waals surface area (Å²) in [5, 5.41) is 4.13. The number of aromatic nitrogens is 2. The number of ether oxygens (including phenoxy) is 2. The Balaban J connectivity index is 2.22. The molecule has 2 rings (SSSR count). The number of allylic oxidation sites excluding steroid dienone is 1. The van der Waals surface area contributed by atoms with Crippen LogP contribution in [-0.2, 0) is 7.05 Å². The van der Waals surface area contributed by atoms with Crippen LogP contribution in [0.4, 0.5) is 0 Å². The second kappa shape index (κ2) is 6.26. The number of rotatable bonds is 5. The van der Waals surface area contributed by atoms with Crippen molar-refractivity contribution in [3.05, 3.63) is 47.3 Å². The zero-order valence-electron chi connectivity index (χ0n) is 12.6. The second-order valence-corrected chi connectivity index (χ2v) is 4.58. The van der Waals surface area contributed by atoms with E-state index in [1.165, 1.54) is 6.08 Å². The van der Waals surface area contributed by atoms with Crippen molar-refractivity contribution in [2.75, 3.05) is 14.2 Å². The number of carbonyl (C=O) groups excluding carboxylic acids is 1. The number of ketones is 1. The van der Waals surface area contributed by atoms with Crippen LogP contribution in [0, 0.1) is 6.92 Å². The lowest BCUT2D eigenvalue weighted by Gasteiger charge is -2.07. The van der Waals surface area contributed by atoms with E-state index in [9.17, 15) is 4.79 Å². The van der Waals surface area contributed by atoms with Gasteiger partial charge in [0, 0.05) is 23.9 Å². The van der Waals surface area contributed by atoms with E-state index in [4.69, 9.17) is 9.47 Å². The molecule has 21 heavy (non-hydrogen) atoms. The van der Waals surface area contributed by atoms with Gasteiger partial charge in [0.25, 0.3) is 0 Å². The molecule has 0 aliphatic carbocycles. The molecule has 0 bridgehead atoms. The summed E-state index contributed by atoms with van der Waals surface area (Å²) in [6, 6.07) is 5.10. The first kappa shape index (κ1) is 14.8. The van der Waals surface area contributed by atoms with E-state index in [0.717, 1.165) is 11.3 Å². The Morgan fingerprint density at radius 3 is 2.52 bits per heavy atom. The Labute approximate surface area is 123 Å². The predicted octanol–water partition coefficient (Wildman–Crippen LogP) is 2.64. The molecular weight excluding hydrogens is 268 g/mol. The minimum atomic E-state index is -0.0980. The molecule has 0 amide bonds. The zero-order valence-corrected chi connectivity index (χ0v) is 12.6. The maximum absolute atomic E-state index is 12.2. The summed E-state index contributed by atoms with van der Waals surface area (Å²) >= 11 is 0. The third kappa shape index (κ3) is 3.13. The first-order valence-corrected chi connectivity index (χ1v) is 6.50. The van der Waals surface area contributed by atoms with E-state index < -0.39 is 0 Å². The van der Waals surface area contributed by atoms with Gasteiger partial charge < -0.3 is 9.47 Å². The van der Waals surface area contributed by atoms with Crippen molar-refractivity contribution < 1.29 is 14.3 Å². The van der Waals surface area contributed by atoms with E-state index >= 15 is 0 Å². The van der Waals surface area contributed by atoms with Gasteiger partial charge in [-0.25, -0.2) is 0 Å². The maximum atomic E-state index is 12.2. The van der Waals surface area contributed by atoms with Crippen molar-refractivity contribution in [2.45, 2.75) is 6.92 Å². The number of hydrogen-bond acceptors (Lipinski definition) is 4. The molecule has 0 radical (unpaired) electrons. The summed E-state index contributed by atoms with van der Waals surface area (Å²) in [6.45, 7) is 1.95. The lowest BCUT2D eigenvalue weighted by molar-refractivity contribution is 0.104. The van der Waals surface area contributed by atoms with Crippen LogP contribution in [0.2, 0.25) is 0 Å². The van der Waals surface area contributed by atoms with Gasteiger partial charge in [-0.2, -0.15) is 5.10 Å². The minimum absolute atomic E-state index is 0.0980. The standard InChI is InChI=1S/C16H18N2O3/c1-11-13(10-17-18(11)2)5-7-14(19)12-6-8-15(20-3)16(9-12)21-4/h5-10H,1-4H3/b7-5+. The summed E-state index contributed by atoms with van der Waals surface area (Å²) < 4.78 is 12.1. The lowest BCUT2D eigenvalue weighted by atomic mass is 10.1. The van der Waals surface area contributed by atoms with Crippen LogP contribution in [0.15, 0.2) is 30.5 Å². The highest BCUT2D eigenvalue weighted by Gasteiger charge is 2.09. The molecule has 0 saturated heterocycles. The molecule has 110 valence electrons. The molecule has 1 heterocycles. The van der Waals surface area contributed by atoms with Gasteiger partial charge in [0.05, 0.1) is 20.4 Å². The number of methoxy groups -OCH3 is 2. The van der Waals surface area contributed by atoms with Crippen molar-refractivity contribution in [2.24, 2.45) is 7.05 Å². The summed E-state index contributed by atoms with van der Waals surface area (Å²) in [6.07, 6.45) is 5.03. The van der Waals surface area contributed by atoms with E-state index in [0.29, 0.717) is 17.1 Å². The number of carbonyl (C=O) groups is 1. The van der Waals surface area contributed by atoms with E-state index in [1.54, 1.807) is 49.4 Å². The van der Waals surface area contributed by atoms with Crippen molar-refractivity contribution in [3.63, 3.8) is 0 Å². The highest BCUT2D eigenvalue weighted by Crippen LogP contribution is 2.27. The summed E-state index contributed by atoms with van der Waals surface area (Å²) in [4.78, 5) is 12.2. The van der Waals surface area contributed by atoms with Crippen LogP contribution in [0.1, 0.15) is 21.6 Å². The molecule has 1 aromatic carbocycles. The van der Waals surface area contributed by atoms with E-state index in [2.05, 4.69) is 5.10 Å². The highest BCUT2D eigenvalue weighted by atomic mass is 16.5. The summed E-state index contributed by atoms with van der Waals surface area (Å²) in [5.74, 6) is 1.04. The smallest absolute Gasteiger partial charge is 0.185 e. The van der Waals surface area contributed by atoms with Gasteiger partial charge in [0.2, 0.25) is 0 Å². The fourth-order valence-corrected chi connectivity index (χ4v) is 1.93. The SMILES string of the molecule is COc1ccc(C(=O)/C=C/c2cnn(C)c2C)cc1OC. The molecule has 0 aliphatic heterocycles. The Morgan fingerprint density at radius 1 is 1.24 bits per heavy atom. The van der Waals surface area contributed by atoms with Gasteiger partial charge in [-0.05, 0) is 37.3 Å². The molecule has 2 aromatic rings. The third-order valence-corrected chi connectivity index (χ3v) is 3.36. The van der Waals surface area contributed by atoms with Crippen molar-refractivity contribution in [3.8, 4) is 11.5 Å². The quantitative estimate of drug-likeness (QED) is 0.626. The first-order chi connectivity index (χ1) is 10.1. The normalized spacial score (nSPS) is 10.9. The highest BCUT2D eigenvalue weighted by molar-refractivity contribution is 6.07. The Morgan fingerprint density at radius 2 is 1.95 bits per heavy atom.